The number of nitrogens with one attached hydrogen (secondary N) is 1. The van der Waals surface area contributed by atoms with Gasteiger partial charge in [0.2, 0.25) is 11.8 Å². The van der Waals surface area contributed by atoms with Crippen LogP contribution in [0.5, 0.6) is 0 Å². The lowest BCUT2D eigenvalue weighted by atomic mass is 10.1. The summed E-state index contributed by atoms with van der Waals surface area (Å²) >= 11 is 1.49. The van der Waals surface area contributed by atoms with Gasteiger partial charge in [0.05, 0.1) is 11.7 Å². The van der Waals surface area contributed by atoms with Crippen LogP contribution >= 0.6 is 11.3 Å². The van der Waals surface area contributed by atoms with Crippen molar-refractivity contribution in [3.05, 3.63) is 82.4 Å². The molecule has 1 fully saturated rings. The minimum absolute atomic E-state index is 0.0991. The highest BCUT2D eigenvalue weighted by molar-refractivity contribution is 7.22. The fourth-order valence-corrected chi connectivity index (χ4v) is 5.41. The van der Waals surface area contributed by atoms with Crippen molar-refractivity contribution in [1.82, 2.24) is 14.9 Å². The monoisotopic (exact) mass is 472 g/mol. The fourth-order valence-electron chi connectivity index (χ4n) is 4.26. The molecule has 34 heavy (non-hydrogen) atoms. The molecule has 4 aromatic rings. The highest BCUT2D eigenvalue weighted by Crippen LogP contribution is 2.35. The molecular weight excluding hydrogens is 448 g/mol. The number of aryl methyl sites for hydroxylation is 1. The number of thiophene rings is 1. The molecule has 172 valence electrons. The molecule has 1 aliphatic rings. The van der Waals surface area contributed by atoms with Gasteiger partial charge in [-0.25, -0.2) is 4.98 Å². The summed E-state index contributed by atoms with van der Waals surface area (Å²) in [5, 5.41) is 3.42. The molecule has 0 radical (unpaired) electrons. The first kappa shape index (κ1) is 22.0. The van der Waals surface area contributed by atoms with Gasteiger partial charge in [-0.2, -0.15) is 0 Å². The molecule has 2 amide bonds. The van der Waals surface area contributed by atoms with Crippen molar-refractivity contribution in [3.8, 4) is 10.4 Å². The predicted octanol–water partition coefficient (Wildman–Crippen LogP) is 3.88. The molecule has 2 aromatic heterocycles. The van der Waals surface area contributed by atoms with Crippen LogP contribution in [0.15, 0.2) is 65.7 Å². The minimum Gasteiger partial charge on any atom is -0.350 e. The second-order valence-electron chi connectivity index (χ2n) is 8.37. The van der Waals surface area contributed by atoms with Gasteiger partial charge in [-0.05, 0) is 42.2 Å². The number of amides is 2. The summed E-state index contributed by atoms with van der Waals surface area (Å²) in [7, 11) is 0. The molecule has 0 saturated carbocycles. The van der Waals surface area contributed by atoms with Crippen molar-refractivity contribution in [2.45, 2.75) is 32.9 Å². The van der Waals surface area contributed by atoms with E-state index in [1.165, 1.54) is 22.2 Å². The maximum atomic E-state index is 13.1. The molecule has 7 nitrogen and oxygen atoms in total. The summed E-state index contributed by atoms with van der Waals surface area (Å²) in [6.07, 6.45) is 2.92. The Morgan fingerprint density at radius 2 is 1.85 bits per heavy atom. The average Bonchev–Trinajstić information content (AvgIpc) is 3.43. The molecule has 1 N–H and O–H groups in total. The van der Waals surface area contributed by atoms with E-state index >= 15 is 0 Å². The predicted molar refractivity (Wildman–Crippen MR) is 134 cm³/mol. The fraction of sp³-hybridized carbons (Fsp3) is 0.231. The topological polar surface area (TPSA) is 84.3 Å². The van der Waals surface area contributed by atoms with Crippen LogP contribution in [0, 0.1) is 6.92 Å². The van der Waals surface area contributed by atoms with Crippen LogP contribution in [-0.2, 0) is 22.7 Å². The molecule has 0 spiro atoms. The number of hydrogen-bond acceptors (Lipinski definition) is 5. The standard InChI is InChI=1S/C26H24N4O3S/c1-17-23-25(34-24(17)19-6-3-2-4-7-19)28-16-29(26(23)33)15-21(31)27-14-18-9-11-20(12-10-18)30-13-5-8-22(30)32/h2-4,6-7,9-12,16H,5,8,13-15H2,1H3,(H,27,31). The zero-order valence-electron chi connectivity index (χ0n) is 18.8. The molecule has 1 saturated heterocycles. The summed E-state index contributed by atoms with van der Waals surface area (Å²) in [6.45, 7) is 2.91. The van der Waals surface area contributed by atoms with E-state index in [2.05, 4.69) is 10.3 Å². The molecule has 2 aromatic carbocycles. The van der Waals surface area contributed by atoms with Gasteiger partial charge in [0.25, 0.3) is 5.56 Å². The van der Waals surface area contributed by atoms with E-state index in [0.29, 0.717) is 23.2 Å². The SMILES string of the molecule is Cc1c(-c2ccccc2)sc2ncn(CC(=O)NCc3ccc(N4CCCC4=O)cc3)c(=O)c12. The van der Waals surface area contributed by atoms with Crippen molar-refractivity contribution in [3.63, 3.8) is 0 Å². The number of hydrogen-bond donors (Lipinski definition) is 1. The second kappa shape index (κ2) is 9.23. The number of rotatable bonds is 6. The van der Waals surface area contributed by atoms with Gasteiger partial charge in [-0.1, -0.05) is 42.5 Å². The Hall–Kier alpha value is -3.78. The van der Waals surface area contributed by atoms with Crippen molar-refractivity contribution in [2.24, 2.45) is 0 Å². The van der Waals surface area contributed by atoms with Crippen molar-refractivity contribution >= 4 is 39.1 Å². The van der Waals surface area contributed by atoms with Crippen LogP contribution in [0.1, 0.15) is 24.0 Å². The number of carbonyl (C=O) groups is 2. The molecular formula is C26H24N4O3S. The van der Waals surface area contributed by atoms with Gasteiger partial charge in [0.15, 0.2) is 0 Å². The first-order valence-corrected chi connectivity index (χ1v) is 12.0. The van der Waals surface area contributed by atoms with E-state index in [4.69, 9.17) is 0 Å². The molecule has 5 rings (SSSR count). The van der Waals surface area contributed by atoms with Crippen LogP contribution in [0.2, 0.25) is 0 Å². The molecule has 1 aliphatic heterocycles. The van der Waals surface area contributed by atoms with Gasteiger partial charge in [0.1, 0.15) is 11.4 Å². The molecule has 3 heterocycles. The molecule has 0 bridgehead atoms. The number of aromatic nitrogens is 2. The number of fused-ring (bicyclic) bond motifs is 1. The average molecular weight is 473 g/mol. The van der Waals surface area contributed by atoms with E-state index < -0.39 is 0 Å². The number of nitrogens with zero attached hydrogens (tertiary/aromatic N) is 3. The highest BCUT2D eigenvalue weighted by Gasteiger charge is 2.21. The second-order valence-corrected chi connectivity index (χ2v) is 9.37. The van der Waals surface area contributed by atoms with Crippen molar-refractivity contribution < 1.29 is 9.59 Å². The lowest BCUT2D eigenvalue weighted by Gasteiger charge is -2.16. The van der Waals surface area contributed by atoms with Crippen LogP contribution in [0.25, 0.3) is 20.7 Å². The summed E-state index contributed by atoms with van der Waals surface area (Å²) in [4.78, 5) is 45.5. The zero-order chi connectivity index (χ0) is 23.7. The minimum atomic E-state index is -0.266. The highest BCUT2D eigenvalue weighted by atomic mass is 32.1. The van der Waals surface area contributed by atoms with Crippen LogP contribution in [0.4, 0.5) is 5.69 Å². The largest absolute Gasteiger partial charge is 0.350 e. The third-order valence-electron chi connectivity index (χ3n) is 6.08. The maximum Gasteiger partial charge on any atom is 0.262 e. The Labute approximate surface area is 200 Å². The summed E-state index contributed by atoms with van der Waals surface area (Å²) in [6, 6.07) is 17.5. The van der Waals surface area contributed by atoms with E-state index in [0.717, 1.165) is 40.2 Å². The van der Waals surface area contributed by atoms with Gasteiger partial charge >= 0.3 is 0 Å². The molecule has 8 heteroatoms. The summed E-state index contributed by atoms with van der Waals surface area (Å²) in [5.41, 5.74) is 3.52. The van der Waals surface area contributed by atoms with Gasteiger partial charge in [-0.3, -0.25) is 19.0 Å². The Morgan fingerprint density at radius 3 is 2.56 bits per heavy atom. The zero-order valence-corrected chi connectivity index (χ0v) is 19.6. The smallest absolute Gasteiger partial charge is 0.262 e. The van der Waals surface area contributed by atoms with Gasteiger partial charge in [-0.15, -0.1) is 11.3 Å². The first-order chi connectivity index (χ1) is 16.5. The number of anilines is 1. The van der Waals surface area contributed by atoms with E-state index in [1.807, 2.05) is 61.5 Å². The molecule has 0 atom stereocenters. The summed E-state index contributed by atoms with van der Waals surface area (Å²) < 4.78 is 1.36. The van der Waals surface area contributed by atoms with Crippen LogP contribution in [0.3, 0.4) is 0 Å². The third kappa shape index (κ3) is 4.24. The Kier molecular flexibility index (Phi) is 5.98. The van der Waals surface area contributed by atoms with E-state index in [9.17, 15) is 14.4 Å². The molecule has 0 aliphatic carbocycles. The maximum absolute atomic E-state index is 13.1. The van der Waals surface area contributed by atoms with Gasteiger partial charge < -0.3 is 10.2 Å². The lowest BCUT2D eigenvalue weighted by molar-refractivity contribution is -0.122. The lowest BCUT2D eigenvalue weighted by Crippen LogP contribution is -2.32. The third-order valence-corrected chi connectivity index (χ3v) is 7.33. The normalized spacial score (nSPS) is 13.6. The van der Waals surface area contributed by atoms with Crippen molar-refractivity contribution in [1.29, 1.82) is 0 Å². The van der Waals surface area contributed by atoms with Crippen LogP contribution in [-0.4, -0.2) is 27.9 Å². The number of benzene rings is 2. The van der Waals surface area contributed by atoms with Crippen molar-refractivity contribution in [2.75, 3.05) is 11.4 Å². The Balaban J connectivity index is 1.27. The van der Waals surface area contributed by atoms with Gasteiger partial charge in [0, 0.05) is 30.1 Å². The van der Waals surface area contributed by atoms with E-state index in [1.54, 1.807) is 4.90 Å². The molecule has 0 unspecified atom stereocenters. The van der Waals surface area contributed by atoms with Crippen LogP contribution < -0.4 is 15.8 Å². The van der Waals surface area contributed by atoms with E-state index in [-0.39, 0.29) is 23.9 Å². The first-order valence-electron chi connectivity index (χ1n) is 11.2. The Bertz CT molecular complexity index is 1420. The number of carbonyl (C=O) groups excluding carboxylic acids is 2. The quantitative estimate of drug-likeness (QED) is 0.462. The Morgan fingerprint density at radius 1 is 1.09 bits per heavy atom. The summed E-state index contributed by atoms with van der Waals surface area (Å²) in [5.74, 6) is -0.118.